The van der Waals surface area contributed by atoms with Crippen LogP contribution in [0.25, 0.3) is 0 Å². The minimum Gasteiger partial charge on any atom is -0.495 e. The molecule has 12 heteroatoms. The van der Waals surface area contributed by atoms with E-state index >= 15 is 0 Å². The second-order valence-electron chi connectivity index (χ2n) is 6.32. The van der Waals surface area contributed by atoms with Crippen LogP contribution in [0.4, 0.5) is 11.4 Å². The second-order valence-corrected chi connectivity index (χ2v) is 10.6. The van der Waals surface area contributed by atoms with Crippen LogP contribution in [0.15, 0.2) is 41.3 Å². The lowest BCUT2D eigenvalue weighted by Crippen LogP contribution is -2.30. The van der Waals surface area contributed by atoms with Gasteiger partial charge in [0.05, 0.1) is 40.2 Å². The van der Waals surface area contributed by atoms with Crippen LogP contribution in [-0.4, -0.2) is 35.6 Å². The fraction of sp³-hybridized carbons (Fsp3) is 0.235. The zero-order chi connectivity index (χ0) is 21.6. The van der Waals surface area contributed by atoms with E-state index in [1.165, 1.54) is 38.3 Å². The van der Waals surface area contributed by atoms with Crippen LogP contribution in [0.1, 0.15) is 6.92 Å². The van der Waals surface area contributed by atoms with Crippen molar-refractivity contribution in [2.24, 2.45) is 5.92 Å². The topological polar surface area (TPSA) is 110 Å². The first-order valence-electron chi connectivity index (χ1n) is 8.19. The SMILES string of the molecule is COc1ccc(N2C(=O)C(C)CS2(=O)=O)cc1S(=O)(=O)Nc1c(Cl)cccc1Cl. The Hall–Kier alpha value is -2.01. The number of carbonyl (C=O) groups is 1. The van der Waals surface area contributed by atoms with Crippen molar-refractivity contribution in [1.29, 1.82) is 0 Å². The van der Waals surface area contributed by atoms with Gasteiger partial charge in [0.25, 0.3) is 10.0 Å². The van der Waals surface area contributed by atoms with Gasteiger partial charge in [0.15, 0.2) is 0 Å². The van der Waals surface area contributed by atoms with Crippen LogP contribution in [0.5, 0.6) is 5.75 Å². The number of benzene rings is 2. The van der Waals surface area contributed by atoms with E-state index in [0.717, 1.165) is 6.07 Å². The number of hydrogen-bond acceptors (Lipinski definition) is 6. The minimum atomic E-state index is -4.30. The van der Waals surface area contributed by atoms with Crippen LogP contribution >= 0.6 is 23.2 Å². The lowest BCUT2D eigenvalue weighted by molar-refractivity contribution is -0.119. The number of anilines is 2. The second kappa shape index (κ2) is 7.67. The van der Waals surface area contributed by atoms with Gasteiger partial charge in [-0.1, -0.05) is 36.2 Å². The van der Waals surface area contributed by atoms with Gasteiger partial charge in [-0.15, -0.1) is 0 Å². The fourth-order valence-corrected chi connectivity index (χ4v) is 6.58. The highest BCUT2D eigenvalue weighted by Gasteiger charge is 2.42. The normalized spacial score (nSPS) is 18.7. The van der Waals surface area contributed by atoms with Crippen LogP contribution in [-0.2, 0) is 24.8 Å². The Balaban J connectivity index is 2.12. The van der Waals surface area contributed by atoms with E-state index < -0.39 is 31.9 Å². The molecule has 1 heterocycles. The summed E-state index contributed by atoms with van der Waals surface area (Å²) in [6.07, 6.45) is 0. The third-order valence-corrected chi connectivity index (χ3v) is 8.10. The van der Waals surface area contributed by atoms with Crippen LogP contribution < -0.4 is 13.8 Å². The van der Waals surface area contributed by atoms with E-state index in [0.29, 0.717) is 4.31 Å². The Morgan fingerprint density at radius 3 is 2.31 bits per heavy atom. The molecule has 0 saturated carbocycles. The van der Waals surface area contributed by atoms with E-state index in [4.69, 9.17) is 27.9 Å². The van der Waals surface area contributed by atoms with E-state index in [2.05, 4.69) is 4.72 Å². The van der Waals surface area contributed by atoms with Gasteiger partial charge in [-0.25, -0.2) is 21.1 Å². The van der Waals surface area contributed by atoms with Crippen LogP contribution in [0.3, 0.4) is 0 Å². The van der Waals surface area contributed by atoms with Crippen molar-refractivity contribution in [3.63, 3.8) is 0 Å². The van der Waals surface area contributed by atoms with Crippen LogP contribution in [0.2, 0.25) is 10.0 Å². The number of sulfonamides is 2. The molecule has 1 fully saturated rings. The van der Waals surface area contributed by atoms with E-state index in [9.17, 15) is 21.6 Å². The molecule has 0 radical (unpaired) electrons. The molecule has 0 aliphatic carbocycles. The third-order valence-electron chi connectivity index (χ3n) is 4.23. The average Bonchev–Trinajstić information content (AvgIpc) is 2.85. The predicted octanol–water partition coefficient (Wildman–Crippen LogP) is 3.12. The molecule has 156 valence electrons. The first-order valence-corrected chi connectivity index (χ1v) is 12.0. The van der Waals surface area contributed by atoms with Gasteiger partial charge in [-0.2, -0.15) is 0 Å². The number of nitrogens with zero attached hydrogens (tertiary/aromatic N) is 1. The number of ether oxygens (including phenoxy) is 1. The lowest BCUT2D eigenvalue weighted by atomic mass is 10.2. The van der Waals surface area contributed by atoms with E-state index in [1.807, 2.05) is 0 Å². The Morgan fingerprint density at radius 1 is 1.17 bits per heavy atom. The molecule has 1 aliphatic heterocycles. The highest BCUT2D eigenvalue weighted by Crippen LogP contribution is 2.37. The highest BCUT2D eigenvalue weighted by atomic mass is 35.5. The monoisotopic (exact) mass is 478 g/mol. The average molecular weight is 479 g/mol. The number of nitrogens with one attached hydrogen (secondary N) is 1. The molecule has 2 aromatic rings. The van der Waals surface area contributed by atoms with Crippen molar-refractivity contribution in [1.82, 2.24) is 0 Å². The summed E-state index contributed by atoms with van der Waals surface area (Å²) in [7, 11) is -6.94. The molecule has 1 unspecified atom stereocenters. The molecule has 3 rings (SSSR count). The first kappa shape index (κ1) is 21.7. The summed E-state index contributed by atoms with van der Waals surface area (Å²) in [5.74, 6) is -1.78. The summed E-state index contributed by atoms with van der Waals surface area (Å²) in [5, 5.41) is 0.143. The summed E-state index contributed by atoms with van der Waals surface area (Å²) in [6.45, 7) is 1.49. The lowest BCUT2D eigenvalue weighted by Gasteiger charge is -2.18. The molecule has 1 aliphatic rings. The standard InChI is InChI=1S/C17H16Cl2N2O6S2/c1-10-9-28(23,24)21(17(10)22)11-6-7-14(27-2)15(8-11)29(25,26)20-16-12(18)4-3-5-13(16)19/h3-8,10,20H,9H2,1-2H3. The van der Waals surface area contributed by atoms with Crippen molar-refractivity contribution < 1.29 is 26.4 Å². The largest absolute Gasteiger partial charge is 0.495 e. The maximum atomic E-state index is 13.0. The smallest absolute Gasteiger partial charge is 0.265 e. The minimum absolute atomic E-state index is 0.0400. The molecule has 0 bridgehead atoms. The van der Waals surface area contributed by atoms with Gasteiger partial charge in [0, 0.05) is 0 Å². The molecular formula is C17H16Cl2N2O6S2. The molecule has 1 amide bonds. The number of carbonyl (C=O) groups excluding carboxylic acids is 1. The van der Waals surface area contributed by atoms with E-state index in [-0.39, 0.29) is 37.8 Å². The molecule has 1 saturated heterocycles. The summed E-state index contributed by atoms with van der Waals surface area (Å²) in [6, 6.07) is 8.08. The zero-order valence-electron chi connectivity index (χ0n) is 15.2. The number of hydrogen-bond donors (Lipinski definition) is 1. The fourth-order valence-electron chi connectivity index (χ4n) is 2.87. The predicted molar refractivity (Wildman–Crippen MR) is 111 cm³/mol. The first-order chi connectivity index (χ1) is 13.5. The number of amides is 1. The highest BCUT2D eigenvalue weighted by molar-refractivity contribution is 7.94. The summed E-state index contributed by atoms with van der Waals surface area (Å²) >= 11 is 12.1. The Labute approximate surface area is 178 Å². The van der Waals surface area contributed by atoms with Gasteiger partial charge in [-0.3, -0.25) is 9.52 Å². The van der Waals surface area contributed by atoms with E-state index in [1.54, 1.807) is 6.07 Å². The van der Waals surface area contributed by atoms with Gasteiger partial charge < -0.3 is 4.74 Å². The summed E-state index contributed by atoms with van der Waals surface area (Å²) in [5.41, 5.74) is -0.146. The Kier molecular flexibility index (Phi) is 5.74. The number of rotatable bonds is 5. The van der Waals surface area contributed by atoms with Gasteiger partial charge in [0.2, 0.25) is 15.9 Å². The van der Waals surface area contributed by atoms with Crippen molar-refractivity contribution in [2.45, 2.75) is 11.8 Å². The molecule has 1 N–H and O–H groups in total. The van der Waals surface area contributed by atoms with Gasteiger partial charge >= 0.3 is 0 Å². The number of halogens is 2. The van der Waals surface area contributed by atoms with Crippen molar-refractivity contribution in [2.75, 3.05) is 21.9 Å². The number of para-hydroxylation sites is 1. The molecular weight excluding hydrogens is 463 g/mol. The Morgan fingerprint density at radius 2 is 1.79 bits per heavy atom. The number of methoxy groups -OCH3 is 1. The summed E-state index contributed by atoms with van der Waals surface area (Å²) < 4.78 is 58.7. The van der Waals surface area contributed by atoms with Crippen molar-refractivity contribution >= 4 is 60.5 Å². The quantitative estimate of drug-likeness (QED) is 0.706. The molecule has 1 atom stereocenters. The van der Waals surface area contributed by atoms with Crippen molar-refractivity contribution in [3.8, 4) is 5.75 Å². The summed E-state index contributed by atoms with van der Waals surface area (Å²) in [4.78, 5) is 12.0. The maximum absolute atomic E-state index is 13.0. The molecule has 8 nitrogen and oxygen atoms in total. The van der Waals surface area contributed by atoms with Gasteiger partial charge in [0.1, 0.15) is 10.6 Å². The molecule has 2 aromatic carbocycles. The van der Waals surface area contributed by atoms with Crippen LogP contribution in [0, 0.1) is 5.92 Å². The molecule has 0 spiro atoms. The van der Waals surface area contributed by atoms with Gasteiger partial charge in [-0.05, 0) is 30.3 Å². The maximum Gasteiger partial charge on any atom is 0.265 e. The van der Waals surface area contributed by atoms with Crippen molar-refractivity contribution in [3.05, 3.63) is 46.4 Å². The third kappa shape index (κ3) is 4.02. The molecule has 0 aromatic heterocycles. The Bertz CT molecular complexity index is 1180. The molecule has 29 heavy (non-hydrogen) atoms. The zero-order valence-corrected chi connectivity index (χ0v) is 18.4.